The monoisotopic (exact) mass is 339 g/mol. The Bertz CT molecular complexity index is 754. The van der Waals surface area contributed by atoms with E-state index in [0.717, 1.165) is 35.6 Å². The van der Waals surface area contributed by atoms with E-state index in [0.29, 0.717) is 12.5 Å². The van der Waals surface area contributed by atoms with E-state index in [-0.39, 0.29) is 30.8 Å². The third kappa shape index (κ3) is 4.37. The number of rotatable bonds is 6. The van der Waals surface area contributed by atoms with Crippen LogP contribution < -0.4 is 16.4 Å². The molecule has 3 rings (SSSR count). The smallest absolute Gasteiger partial charge is 0.239 e. The van der Waals surface area contributed by atoms with Gasteiger partial charge < -0.3 is 16.4 Å². The second-order valence-electron chi connectivity index (χ2n) is 6.69. The highest BCUT2D eigenvalue weighted by atomic mass is 16.2. The van der Waals surface area contributed by atoms with E-state index < -0.39 is 0 Å². The van der Waals surface area contributed by atoms with Crippen LogP contribution in [-0.4, -0.2) is 30.9 Å². The predicted octanol–water partition coefficient (Wildman–Crippen LogP) is 1.74. The molecule has 0 radical (unpaired) electrons. The van der Waals surface area contributed by atoms with Crippen LogP contribution >= 0.6 is 0 Å². The first-order chi connectivity index (χ1) is 12.2. The molecule has 1 aliphatic carbocycles. The van der Waals surface area contributed by atoms with Crippen molar-refractivity contribution in [3.05, 3.63) is 48.0 Å². The molecular weight excluding hydrogens is 314 g/mol. The Labute approximate surface area is 148 Å². The zero-order valence-electron chi connectivity index (χ0n) is 14.3. The van der Waals surface area contributed by atoms with Gasteiger partial charge in [-0.05, 0) is 41.6 Å². The Morgan fingerprint density at radius 2 is 1.84 bits per heavy atom. The van der Waals surface area contributed by atoms with E-state index in [4.69, 9.17) is 5.73 Å². The average Bonchev–Trinajstić information content (AvgIpc) is 3.07. The molecule has 0 spiro atoms. The topological polar surface area (TPSA) is 84.2 Å². The first-order valence-electron chi connectivity index (χ1n) is 8.90. The Balaban J connectivity index is 1.51. The van der Waals surface area contributed by atoms with Gasteiger partial charge >= 0.3 is 0 Å². The number of nitrogens with one attached hydrogen (secondary N) is 2. The molecule has 1 aliphatic rings. The normalized spacial score (nSPS) is 19.7. The minimum absolute atomic E-state index is 0.0113. The largest absolute Gasteiger partial charge is 0.352 e. The third-order valence-electron chi connectivity index (χ3n) is 4.99. The maximum Gasteiger partial charge on any atom is 0.239 e. The van der Waals surface area contributed by atoms with Gasteiger partial charge in [-0.25, -0.2) is 0 Å². The SMILES string of the molecule is NCC1CCCC1NC(=O)CNC(=O)Cc1cccc2ccccc12. The summed E-state index contributed by atoms with van der Waals surface area (Å²) in [5.41, 5.74) is 6.70. The summed E-state index contributed by atoms with van der Waals surface area (Å²) < 4.78 is 0. The van der Waals surface area contributed by atoms with Crippen molar-refractivity contribution in [1.29, 1.82) is 0 Å². The molecule has 5 heteroatoms. The molecule has 5 nitrogen and oxygen atoms in total. The minimum atomic E-state index is -0.145. The van der Waals surface area contributed by atoms with E-state index >= 15 is 0 Å². The van der Waals surface area contributed by atoms with Gasteiger partial charge in [-0.15, -0.1) is 0 Å². The van der Waals surface area contributed by atoms with Crippen molar-refractivity contribution in [2.45, 2.75) is 31.7 Å². The fourth-order valence-corrected chi connectivity index (χ4v) is 3.63. The molecule has 132 valence electrons. The molecule has 1 fully saturated rings. The van der Waals surface area contributed by atoms with Crippen molar-refractivity contribution >= 4 is 22.6 Å². The lowest BCUT2D eigenvalue weighted by molar-refractivity contribution is -0.126. The van der Waals surface area contributed by atoms with Crippen LogP contribution in [0.3, 0.4) is 0 Å². The van der Waals surface area contributed by atoms with Gasteiger partial charge in [0.25, 0.3) is 0 Å². The summed E-state index contributed by atoms with van der Waals surface area (Å²) >= 11 is 0. The Morgan fingerprint density at radius 1 is 1.04 bits per heavy atom. The lowest BCUT2D eigenvalue weighted by Crippen LogP contribution is -2.44. The van der Waals surface area contributed by atoms with E-state index in [1.54, 1.807) is 0 Å². The number of amides is 2. The second kappa shape index (κ2) is 8.12. The highest BCUT2D eigenvalue weighted by Crippen LogP contribution is 2.24. The van der Waals surface area contributed by atoms with Gasteiger partial charge in [-0.2, -0.15) is 0 Å². The highest BCUT2D eigenvalue weighted by Gasteiger charge is 2.27. The number of benzene rings is 2. The number of carbonyl (C=O) groups excluding carboxylic acids is 2. The molecule has 0 saturated heterocycles. The van der Waals surface area contributed by atoms with Crippen LogP contribution in [0.5, 0.6) is 0 Å². The number of carbonyl (C=O) groups is 2. The summed E-state index contributed by atoms with van der Waals surface area (Å²) in [5, 5.41) is 7.90. The van der Waals surface area contributed by atoms with Crippen molar-refractivity contribution in [3.63, 3.8) is 0 Å². The molecule has 2 atom stereocenters. The maximum atomic E-state index is 12.2. The maximum absolute atomic E-state index is 12.2. The van der Waals surface area contributed by atoms with Gasteiger partial charge in [-0.3, -0.25) is 9.59 Å². The average molecular weight is 339 g/mol. The summed E-state index contributed by atoms with van der Waals surface area (Å²) in [6.45, 7) is 0.607. The van der Waals surface area contributed by atoms with Crippen LogP contribution in [0.4, 0.5) is 0 Å². The van der Waals surface area contributed by atoms with Gasteiger partial charge in [-0.1, -0.05) is 48.9 Å². The molecule has 2 aromatic carbocycles. The number of nitrogens with two attached hydrogens (primary N) is 1. The summed E-state index contributed by atoms with van der Waals surface area (Å²) in [4.78, 5) is 24.3. The number of hydrogen-bond donors (Lipinski definition) is 3. The van der Waals surface area contributed by atoms with E-state index in [1.807, 2.05) is 42.5 Å². The van der Waals surface area contributed by atoms with Gasteiger partial charge in [0.2, 0.25) is 11.8 Å². The van der Waals surface area contributed by atoms with Crippen LogP contribution in [0, 0.1) is 5.92 Å². The van der Waals surface area contributed by atoms with Gasteiger partial charge in [0.1, 0.15) is 0 Å². The zero-order chi connectivity index (χ0) is 17.6. The summed E-state index contributed by atoms with van der Waals surface area (Å²) in [5.74, 6) is 0.0697. The molecule has 0 aromatic heterocycles. The fraction of sp³-hybridized carbons (Fsp3) is 0.400. The molecular formula is C20H25N3O2. The van der Waals surface area contributed by atoms with Crippen LogP contribution in [-0.2, 0) is 16.0 Å². The molecule has 25 heavy (non-hydrogen) atoms. The minimum Gasteiger partial charge on any atom is -0.352 e. The van der Waals surface area contributed by atoms with Crippen LogP contribution in [0.25, 0.3) is 10.8 Å². The first kappa shape index (κ1) is 17.4. The fourth-order valence-electron chi connectivity index (χ4n) is 3.63. The standard InChI is InChI=1S/C20H25N3O2/c21-12-16-8-4-10-18(16)23-20(25)13-22-19(24)11-15-7-3-6-14-5-1-2-9-17(14)15/h1-3,5-7,9,16,18H,4,8,10-13,21H2,(H,22,24)(H,23,25). The first-order valence-corrected chi connectivity index (χ1v) is 8.90. The molecule has 2 amide bonds. The van der Waals surface area contributed by atoms with Crippen molar-refractivity contribution in [2.24, 2.45) is 11.7 Å². The Kier molecular flexibility index (Phi) is 5.66. The van der Waals surface area contributed by atoms with Gasteiger partial charge in [0, 0.05) is 6.04 Å². The summed E-state index contributed by atoms with van der Waals surface area (Å²) in [6, 6.07) is 14.1. The number of fused-ring (bicyclic) bond motifs is 1. The Hall–Kier alpha value is -2.40. The van der Waals surface area contributed by atoms with Crippen molar-refractivity contribution < 1.29 is 9.59 Å². The van der Waals surface area contributed by atoms with Crippen LogP contribution in [0.2, 0.25) is 0 Å². The lowest BCUT2D eigenvalue weighted by Gasteiger charge is -2.19. The molecule has 1 saturated carbocycles. The van der Waals surface area contributed by atoms with E-state index in [2.05, 4.69) is 10.6 Å². The Morgan fingerprint density at radius 3 is 2.68 bits per heavy atom. The molecule has 4 N–H and O–H groups in total. The summed E-state index contributed by atoms with van der Waals surface area (Å²) in [7, 11) is 0. The van der Waals surface area contributed by atoms with E-state index in [9.17, 15) is 9.59 Å². The van der Waals surface area contributed by atoms with Gasteiger partial charge in [0.05, 0.1) is 13.0 Å². The molecule has 0 heterocycles. The zero-order valence-corrected chi connectivity index (χ0v) is 14.3. The van der Waals surface area contributed by atoms with Crippen molar-refractivity contribution in [3.8, 4) is 0 Å². The molecule has 2 unspecified atom stereocenters. The lowest BCUT2D eigenvalue weighted by atomic mass is 10.0. The van der Waals surface area contributed by atoms with Crippen molar-refractivity contribution in [1.82, 2.24) is 10.6 Å². The highest BCUT2D eigenvalue weighted by molar-refractivity contribution is 5.91. The van der Waals surface area contributed by atoms with Crippen LogP contribution in [0.1, 0.15) is 24.8 Å². The van der Waals surface area contributed by atoms with E-state index in [1.165, 1.54) is 0 Å². The van der Waals surface area contributed by atoms with Gasteiger partial charge in [0.15, 0.2) is 0 Å². The predicted molar refractivity (Wildman–Crippen MR) is 99.0 cm³/mol. The molecule has 0 bridgehead atoms. The quantitative estimate of drug-likeness (QED) is 0.749. The van der Waals surface area contributed by atoms with Crippen LogP contribution in [0.15, 0.2) is 42.5 Å². The molecule has 0 aliphatic heterocycles. The van der Waals surface area contributed by atoms with Crippen molar-refractivity contribution in [2.75, 3.05) is 13.1 Å². The third-order valence-corrected chi connectivity index (χ3v) is 4.99. The molecule has 2 aromatic rings. The summed E-state index contributed by atoms with van der Waals surface area (Å²) in [6.07, 6.45) is 3.40. The number of hydrogen-bond acceptors (Lipinski definition) is 3. The second-order valence-corrected chi connectivity index (χ2v) is 6.69.